The molecule has 37 heavy (non-hydrogen) atoms. The van der Waals surface area contributed by atoms with E-state index < -0.39 is 72.5 Å². The molecule has 25 heteroatoms. The molecular weight excluding hydrogens is 601 g/mol. The number of carbonyl (C=O) groups excluding carboxylic acids is 1. The monoisotopic (exact) mass is 602 g/mol. The number of hydrogen-bond acceptors (Lipinski definition) is 6. The van der Waals surface area contributed by atoms with Gasteiger partial charge in [0.1, 0.15) is 0 Å². The molecule has 218 valence electrons. The lowest BCUT2D eigenvalue weighted by Gasteiger charge is -2.36. The van der Waals surface area contributed by atoms with Crippen LogP contribution in [0, 0.1) is 0 Å². The number of alkyl halides is 19. The highest BCUT2D eigenvalue weighted by Crippen LogP contribution is 2.61. The quantitative estimate of drug-likeness (QED) is 0.332. The predicted molar refractivity (Wildman–Crippen MR) is 62.6 cm³/mol. The van der Waals surface area contributed by atoms with Gasteiger partial charge in [0.15, 0.2) is 0 Å². The smallest absolute Gasteiger partial charge is 0.392 e. The van der Waals surface area contributed by atoms with Gasteiger partial charge in [0.2, 0.25) is 6.10 Å². The van der Waals surface area contributed by atoms with Gasteiger partial charge < -0.3 is 9.47 Å². The van der Waals surface area contributed by atoms with Gasteiger partial charge in [-0.05, 0) is 0 Å². The molecule has 0 spiro atoms. The van der Waals surface area contributed by atoms with E-state index in [0.29, 0.717) is 0 Å². The van der Waals surface area contributed by atoms with Crippen molar-refractivity contribution < 1.29 is 112 Å². The molecule has 4 atom stereocenters. The van der Waals surface area contributed by atoms with Crippen molar-refractivity contribution in [3.63, 3.8) is 0 Å². The largest absolute Gasteiger partial charge is 0.466 e. The van der Waals surface area contributed by atoms with E-state index in [0.717, 1.165) is 0 Å². The molecule has 0 N–H and O–H groups in total. The summed E-state index contributed by atoms with van der Waals surface area (Å²) in [5, 5.41) is 0. The maximum absolute atomic E-state index is 14.2. The molecule has 6 nitrogen and oxygen atoms in total. The molecule has 0 bridgehead atoms. The first kappa shape index (κ1) is 31.2. The van der Waals surface area contributed by atoms with Crippen molar-refractivity contribution >= 4 is 5.97 Å². The summed E-state index contributed by atoms with van der Waals surface area (Å²) >= 11 is 0. The Morgan fingerprint density at radius 2 is 1.11 bits per heavy atom. The minimum absolute atomic E-state index is 2.14. The molecule has 0 saturated carbocycles. The van der Waals surface area contributed by atoms with Gasteiger partial charge in [0.05, 0.1) is 0 Å². The van der Waals surface area contributed by atoms with Crippen molar-refractivity contribution in [2.75, 3.05) is 0 Å². The summed E-state index contributed by atoms with van der Waals surface area (Å²) in [6.07, 6.45) is -55.1. The zero-order chi connectivity index (χ0) is 29.7. The average Bonchev–Trinajstić information content (AvgIpc) is 3.03. The topological polar surface area (TPSA) is 63.2 Å². The zero-order valence-corrected chi connectivity index (χ0v) is 15.7. The summed E-state index contributed by atoms with van der Waals surface area (Å²) in [5.41, 5.74) is 0. The molecule has 0 aromatic heterocycles. The molecule has 2 rings (SSSR count). The second-order valence-electron chi connectivity index (χ2n) is 6.65. The molecule has 2 fully saturated rings. The molecule has 0 aromatic rings. The molecule has 2 saturated heterocycles. The standard InChI is InChI=1S/C12HF19O6/c13-4(14,15)1-5(16,17)37-7(33-1,10(25,26)27)12(30,31)34-2(32)3(8(19,20)21)35-6(18,9(22,23)24)11(28,29)36-3/h1H. The van der Waals surface area contributed by atoms with E-state index in [1.54, 1.807) is 0 Å². The first-order valence-corrected chi connectivity index (χ1v) is 7.94. The molecule has 0 radical (unpaired) electrons. The van der Waals surface area contributed by atoms with Crippen molar-refractivity contribution in [2.45, 2.75) is 66.6 Å². The van der Waals surface area contributed by atoms with Crippen LogP contribution in [0.15, 0.2) is 0 Å². The maximum atomic E-state index is 14.2. The van der Waals surface area contributed by atoms with Crippen LogP contribution < -0.4 is 0 Å². The third-order valence-electron chi connectivity index (χ3n) is 4.08. The number of esters is 1. The number of halogens is 19. The highest BCUT2D eigenvalue weighted by atomic mass is 19.4. The first-order chi connectivity index (χ1) is 15.8. The number of rotatable bonds is 3. The second kappa shape index (κ2) is 7.77. The number of ether oxygens (including phenoxy) is 5. The fraction of sp³-hybridized carbons (Fsp3) is 0.917. The Morgan fingerprint density at radius 1 is 0.649 bits per heavy atom. The van der Waals surface area contributed by atoms with E-state index in [-0.39, 0.29) is 0 Å². The fourth-order valence-electron chi connectivity index (χ4n) is 2.49. The van der Waals surface area contributed by atoms with Crippen molar-refractivity contribution in [1.29, 1.82) is 0 Å². The summed E-state index contributed by atoms with van der Waals surface area (Å²) in [6.45, 7) is 0. The Labute approximate surface area is 186 Å². The molecular formula is C12HF19O6. The highest BCUT2D eigenvalue weighted by Gasteiger charge is 2.91. The molecule has 0 aliphatic carbocycles. The fourth-order valence-corrected chi connectivity index (χ4v) is 2.49. The summed E-state index contributed by atoms with van der Waals surface area (Å²) < 4.78 is 261. The second-order valence-corrected chi connectivity index (χ2v) is 6.65. The minimum Gasteiger partial charge on any atom is -0.392 e. The van der Waals surface area contributed by atoms with Crippen LogP contribution in [0.1, 0.15) is 0 Å². The molecule has 0 aromatic carbocycles. The SMILES string of the molecule is O=C(OC(F)(F)C1(C(F)(F)F)OC(C(F)(F)F)C(F)(F)O1)C1(C(F)(F)F)OC(F)(F)C(F)(C(F)(F)F)O1. The van der Waals surface area contributed by atoms with Crippen molar-refractivity contribution in [1.82, 2.24) is 0 Å². The molecule has 0 amide bonds. The van der Waals surface area contributed by atoms with Gasteiger partial charge in [-0.25, -0.2) is 4.79 Å². The van der Waals surface area contributed by atoms with Gasteiger partial charge in [-0.3, -0.25) is 14.2 Å². The van der Waals surface area contributed by atoms with Gasteiger partial charge in [0.25, 0.3) is 0 Å². The van der Waals surface area contributed by atoms with Crippen LogP contribution in [0.3, 0.4) is 0 Å². The molecule has 2 aliphatic rings. The zero-order valence-electron chi connectivity index (χ0n) is 15.7. The lowest BCUT2D eigenvalue weighted by atomic mass is 10.2. The van der Waals surface area contributed by atoms with E-state index in [4.69, 9.17) is 0 Å². The molecule has 4 unspecified atom stereocenters. The Bertz CT molecular complexity index is 918. The third-order valence-corrected chi connectivity index (χ3v) is 4.08. The Morgan fingerprint density at radius 3 is 1.41 bits per heavy atom. The van der Waals surface area contributed by atoms with E-state index >= 15 is 0 Å². The van der Waals surface area contributed by atoms with Crippen molar-refractivity contribution in [2.24, 2.45) is 0 Å². The summed E-state index contributed by atoms with van der Waals surface area (Å²) in [6, 6.07) is 0. The average molecular weight is 602 g/mol. The maximum Gasteiger partial charge on any atom is 0.466 e. The Hall–Kier alpha value is -2.02. The van der Waals surface area contributed by atoms with Gasteiger partial charge in [0, 0.05) is 0 Å². The van der Waals surface area contributed by atoms with Gasteiger partial charge in [-0.1, -0.05) is 0 Å². The summed E-state index contributed by atoms with van der Waals surface area (Å²) in [4.78, 5) is 11.6. The minimum atomic E-state index is -7.44. The lowest BCUT2D eigenvalue weighted by molar-refractivity contribution is -0.482. The Kier molecular flexibility index (Phi) is 6.55. The van der Waals surface area contributed by atoms with Crippen LogP contribution in [0.5, 0.6) is 0 Å². The Balaban J connectivity index is 2.65. The van der Waals surface area contributed by atoms with E-state index in [1.165, 1.54) is 0 Å². The molecule has 2 aliphatic heterocycles. The van der Waals surface area contributed by atoms with E-state index in [9.17, 15) is 88.2 Å². The van der Waals surface area contributed by atoms with Crippen LogP contribution >= 0.6 is 0 Å². The van der Waals surface area contributed by atoms with Gasteiger partial charge in [-0.2, -0.15) is 83.4 Å². The van der Waals surface area contributed by atoms with Crippen LogP contribution in [0.2, 0.25) is 0 Å². The van der Waals surface area contributed by atoms with Gasteiger partial charge >= 0.3 is 66.4 Å². The van der Waals surface area contributed by atoms with Crippen LogP contribution in [0.25, 0.3) is 0 Å². The number of hydrogen-bond donors (Lipinski definition) is 0. The van der Waals surface area contributed by atoms with Crippen LogP contribution in [-0.2, 0) is 28.5 Å². The first-order valence-electron chi connectivity index (χ1n) is 7.94. The molecule has 2 heterocycles. The number of carbonyl (C=O) groups is 1. The van der Waals surface area contributed by atoms with E-state index in [1.807, 2.05) is 0 Å². The van der Waals surface area contributed by atoms with Crippen LogP contribution in [-0.4, -0.2) is 72.5 Å². The van der Waals surface area contributed by atoms with E-state index in [2.05, 4.69) is 23.7 Å². The van der Waals surface area contributed by atoms with Gasteiger partial charge in [-0.15, -0.1) is 0 Å². The lowest BCUT2D eigenvalue weighted by Crippen LogP contribution is -2.65. The van der Waals surface area contributed by atoms with Crippen molar-refractivity contribution in [3.05, 3.63) is 0 Å². The summed E-state index contributed by atoms with van der Waals surface area (Å²) in [5.74, 6) is -25.4. The summed E-state index contributed by atoms with van der Waals surface area (Å²) in [7, 11) is 0. The third kappa shape index (κ3) is 4.39. The van der Waals surface area contributed by atoms with Crippen molar-refractivity contribution in [3.8, 4) is 0 Å². The van der Waals surface area contributed by atoms with Crippen LogP contribution in [0.4, 0.5) is 83.4 Å². The highest BCUT2D eigenvalue weighted by molar-refractivity contribution is 5.80. The predicted octanol–water partition coefficient (Wildman–Crippen LogP) is 5.08. The normalized spacial score (nSPS) is 35.1.